The third-order valence-corrected chi connectivity index (χ3v) is 2.08. The summed E-state index contributed by atoms with van der Waals surface area (Å²) in [4.78, 5) is 10.6. The first-order chi connectivity index (χ1) is 7.19. The Morgan fingerprint density at radius 2 is 2.13 bits per heavy atom. The molecule has 0 aromatic heterocycles. The minimum absolute atomic E-state index is 0.0180. The quantitative estimate of drug-likeness (QED) is 0.799. The molecule has 0 spiro atoms. The molecule has 4 nitrogen and oxygen atoms in total. The van der Waals surface area contributed by atoms with Crippen molar-refractivity contribution in [1.82, 2.24) is 0 Å². The molecule has 0 saturated heterocycles. The van der Waals surface area contributed by atoms with Crippen LogP contribution in [-0.4, -0.2) is 25.3 Å². The van der Waals surface area contributed by atoms with Gasteiger partial charge in [-0.25, -0.2) is 0 Å². The van der Waals surface area contributed by atoms with E-state index in [1.54, 1.807) is 32.4 Å². The Labute approximate surface area is 88.4 Å². The highest BCUT2D eigenvalue weighted by Gasteiger charge is 2.11. The van der Waals surface area contributed by atoms with Gasteiger partial charge in [0.25, 0.3) is 0 Å². The fourth-order valence-electron chi connectivity index (χ4n) is 1.44. The first kappa shape index (κ1) is 11.5. The number of methoxy groups -OCH3 is 2. The molecule has 0 aliphatic rings. The zero-order chi connectivity index (χ0) is 11.3. The maximum absolute atomic E-state index is 10.6. The number of hydrogen-bond donors (Lipinski definition) is 1. The summed E-state index contributed by atoms with van der Waals surface area (Å²) < 4.78 is 10.2. The van der Waals surface area contributed by atoms with Crippen molar-refractivity contribution in [2.24, 2.45) is 0 Å². The summed E-state index contributed by atoms with van der Waals surface area (Å²) in [6.07, 6.45) is -0.0180. The van der Waals surface area contributed by atoms with Crippen LogP contribution >= 0.6 is 0 Å². The maximum atomic E-state index is 10.6. The molecule has 1 N–H and O–H groups in total. The van der Waals surface area contributed by atoms with Crippen LogP contribution < -0.4 is 4.74 Å². The van der Waals surface area contributed by atoms with Crippen molar-refractivity contribution in [3.8, 4) is 5.75 Å². The van der Waals surface area contributed by atoms with E-state index >= 15 is 0 Å². The Bertz CT molecular complexity index is 346. The van der Waals surface area contributed by atoms with Crippen LogP contribution in [0.2, 0.25) is 0 Å². The first-order valence-corrected chi connectivity index (χ1v) is 4.54. The lowest BCUT2D eigenvalue weighted by Gasteiger charge is -2.11. The largest absolute Gasteiger partial charge is 0.496 e. The molecule has 0 saturated carbocycles. The number of rotatable bonds is 5. The number of carbonyl (C=O) groups is 1. The van der Waals surface area contributed by atoms with Gasteiger partial charge in [-0.05, 0) is 11.6 Å². The Morgan fingerprint density at radius 1 is 1.40 bits per heavy atom. The molecule has 0 unspecified atom stereocenters. The van der Waals surface area contributed by atoms with E-state index in [9.17, 15) is 4.79 Å². The second-order valence-corrected chi connectivity index (χ2v) is 3.10. The Morgan fingerprint density at radius 3 is 2.67 bits per heavy atom. The first-order valence-electron chi connectivity index (χ1n) is 4.54. The van der Waals surface area contributed by atoms with Crippen LogP contribution in [0.3, 0.4) is 0 Å². The van der Waals surface area contributed by atoms with Gasteiger partial charge in [0.1, 0.15) is 5.75 Å². The van der Waals surface area contributed by atoms with E-state index < -0.39 is 5.97 Å². The van der Waals surface area contributed by atoms with Gasteiger partial charge in [0.05, 0.1) is 20.1 Å². The molecule has 1 aromatic rings. The monoisotopic (exact) mass is 210 g/mol. The average Bonchev–Trinajstić information content (AvgIpc) is 2.20. The number of benzene rings is 1. The fraction of sp³-hybridized carbons (Fsp3) is 0.364. The molecule has 0 atom stereocenters. The summed E-state index contributed by atoms with van der Waals surface area (Å²) in [6, 6.07) is 5.33. The second-order valence-electron chi connectivity index (χ2n) is 3.10. The predicted molar refractivity (Wildman–Crippen MR) is 55.0 cm³/mol. The summed E-state index contributed by atoms with van der Waals surface area (Å²) in [5.74, 6) is -0.198. The van der Waals surface area contributed by atoms with Crippen molar-refractivity contribution in [3.63, 3.8) is 0 Å². The molecular weight excluding hydrogens is 196 g/mol. The number of carboxylic acids is 1. The summed E-state index contributed by atoms with van der Waals surface area (Å²) >= 11 is 0. The van der Waals surface area contributed by atoms with Gasteiger partial charge in [0.2, 0.25) is 0 Å². The lowest BCUT2D eigenvalue weighted by Crippen LogP contribution is -2.05. The van der Waals surface area contributed by atoms with Crippen molar-refractivity contribution in [3.05, 3.63) is 29.3 Å². The second kappa shape index (κ2) is 5.36. The third-order valence-electron chi connectivity index (χ3n) is 2.08. The van der Waals surface area contributed by atoms with Crippen LogP contribution in [0.1, 0.15) is 11.1 Å². The van der Waals surface area contributed by atoms with Gasteiger partial charge in [0, 0.05) is 12.7 Å². The number of ether oxygens (including phenoxy) is 2. The van der Waals surface area contributed by atoms with E-state index in [1.807, 2.05) is 0 Å². The van der Waals surface area contributed by atoms with Gasteiger partial charge in [-0.15, -0.1) is 0 Å². The smallest absolute Gasteiger partial charge is 0.307 e. The molecule has 0 fully saturated rings. The predicted octanol–water partition coefficient (Wildman–Crippen LogP) is 1.47. The SMILES string of the molecule is COCc1c(CC(=O)O)cccc1OC. The molecule has 1 rings (SSSR count). The summed E-state index contributed by atoms with van der Waals surface area (Å²) in [5.41, 5.74) is 1.52. The zero-order valence-corrected chi connectivity index (χ0v) is 8.82. The highest BCUT2D eigenvalue weighted by Crippen LogP contribution is 2.23. The van der Waals surface area contributed by atoms with E-state index in [2.05, 4.69) is 0 Å². The molecule has 0 amide bonds. The fourth-order valence-corrected chi connectivity index (χ4v) is 1.44. The summed E-state index contributed by atoms with van der Waals surface area (Å²) in [6.45, 7) is 0.354. The molecule has 82 valence electrons. The highest BCUT2D eigenvalue weighted by molar-refractivity contribution is 5.71. The number of aliphatic carboxylic acids is 1. The van der Waals surface area contributed by atoms with Gasteiger partial charge >= 0.3 is 5.97 Å². The molecule has 1 aromatic carbocycles. The third kappa shape index (κ3) is 2.95. The topological polar surface area (TPSA) is 55.8 Å². The molecule has 0 aliphatic heterocycles. The van der Waals surface area contributed by atoms with Crippen molar-refractivity contribution >= 4 is 5.97 Å². The minimum Gasteiger partial charge on any atom is -0.496 e. The summed E-state index contributed by atoms with van der Waals surface area (Å²) in [7, 11) is 3.12. The Balaban J connectivity index is 3.06. The number of hydrogen-bond acceptors (Lipinski definition) is 3. The van der Waals surface area contributed by atoms with E-state index in [0.29, 0.717) is 12.4 Å². The van der Waals surface area contributed by atoms with Crippen molar-refractivity contribution in [2.75, 3.05) is 14.2 Å². The average molecular weight is 210 g/mol. The van der Waals surface area contributed by atoms with Gasteiger partial charge in [-0.2, -0.15) is 0 Å². The maximum Gasteiger partial charge on any atom is 0.307 e. The molecule has 0 heterocycles. The van der Waals surface area contributed by atoms with Gasteiger partial charge in [-0.3, -0.25) is 4.79 Å². The molecule has 0 bridgehead atoms. The molecule has 0 aliphatic carbocycles. The van der Waals surface area contributed by atoms with Crippen LogP contribution in [0.25, 0.3) is 0 Å². The van der Waals surface area contributed by atoms with Gasteiger partial charge in [0.15, 0.2) is 0 Å². The van der Waals surface area contributed by atoms with Crippen molar-refractivity contribution in [1.29, 1.82) is 0 Å². The lowest BCUT2D eigenvalue weighted by molar-refractivity contribution is -0.136. The Kier molecular flexibility index (Phi) is 4.12. The van der Waals surface area contributed by atoms with Gasteiger partial charge < -0.3 is 14.6 Å². The van der Waals surface area contributed by atoms with Crippen molar-refractivity contribution in [2.45, 2.75) is 13.0 Å². The van der Waals surface area contributed by atoms with Crippen LogP contribution in [0.15, 0.2) is 18.2 Å². The molecule has 4 heteroatoms. The molecule has 0 radical (unpaired) electrons. The van der Waals surface area contributed by atoms with Gasteiger partial charge in [-0.1, -0.05) is 12.1 Å². The molecular formula is C11H14O4. The molecule has 15 heavy (non-hydrogen) atoms. The zero-order valence-electron chi connectivity index (χ0n) is 8.82. The Hall–Kier alpha value is -1.55. The van der Waals surface area contributed by atoms with E-state index in [-0.39, 0.29) is 6.42 Å². The van der Waals surface area contributed by atoms with Crippen LogP contribution in [0.5, 0.6) is 5.75 Å². The highest BCUT2D eigenvalue weighted by atomic mass is 16.5. The van der Waals surface area contributed by atoms with Crippen LogP contribution in [0.4, 0.5) is 0 Å². The van der Waals surface area contributed by atoms with E-state index in [1.165, 1.54) is 0 Å². The minimum atomic E-state index is -0.861. The summed E-state index contributed by atoms with van der Waals surface area (Å²) in [5, 5.41) is 8.74. The van der Waals surface area contributed by atoms with Crippen molar-refractivity contribution < 1.29 is 19.4 Å². The standard InChI is InChI=1S/C11H14O4/c1-14-7-9-8(6-11(12)13)4-3-5-10(9)15-2/h3-5H,6-7H2,1-2H3,(H,12,13). The normalized spacial score (nSPS) is 10.0. The van der Waals surface area contributed by atoms with E-state index in [0.717, 1.165) is 11.1 Å². The van der Waals surface area contributed by atoms with E-state index in [4.69, 9.17) is 14.6 Å². The lowest BCUT2D eigenvalue weighted by atomic mass is 10.0. The van der Waals surface area contributed by atoms with Crippen LogP contribution in [-0.2, 0) is 22.6 Å². The number of carboxylic acid groups (broad SMARTS) is 1. The van der Waals surface area contributed by atoms with Crippen LogP contribution in [0, 0.1) is 0 Å².